The molecular formula is C9H8NO2. The number of benzene rings is 1. The van der Waals surface area contributed by atoms with E-state index in [-0.39, 0.29) is 5.75 Å². The average molecular weight is 162 g/mol. The zero-order chi connectivity index (χ0) is 8.55. The Morgan fingerprint density at radius 1 is 1.50 bits per heavy atom. The van der Waals surface area contributed by atoms with Crippen LogP contribution in [0.4, 0.5) is 0 Å². The molecule has 3 nitrogen and oxygen atoms in total. The van der Waals surface area contributed by atoms with Gasteiger partial charge in [0.15, 0.2) is 11.5 Å². The first-order chi connectivity index (χ1) is 5.81. The standard InChI is InChI=1S/C9H8NO2/c1-12-9-5-7-6(2-3-10-7)4-8(9)11/h3-5,10-11H,1H3. The van der Waals surface area contributed by atoms with E-state index in [2.05, 4.69) is 11.1 Å². The molecular weight excluding hydrogens is 154 g/mol. The van der Waals surface area contributed by atoms with Gasteiger partial charge < -0.3 is 14.8 Å². The smallest absolute Gasteiger partial charge is 0.162 e. The summed E-state index contributed by atoms with van der Waals surface area (Å²) in [5, 5.41) is 10.2. The number of aromatic amines is 1. The SMILES string of the molecule is COc1cc2[nH]c[c]c2cc1O. The lowest BCUT2D eigenvalue weighted by atomic mass is 10.2. The first-order valence-corrected chi connectivity index (χ1v) is 3.57. The Hall–Kier alpha value is -1.64. The summed E-state index contributed by atoms with van der Waals surface area (Å²) in [6.45, 7) is 0. The second-order valence-corrected chi connectivity index (χ2v) is 2.50. The molecule has 0 amide bonds. The van der Waals surface area contributed by atoms with Crippen molar-refractivity contribution >= 4 is 10.9 Å². The molecule has 0 saturated carbocycles. The minimum atomic E-state index is 0.140. The van der Waals surface area contributed by atoms with Gasteiger partial charge in [-0.3, -0.25) is 0 Å². The summed E-state index contributed by atoms with van der Waals surface area (Å²) in [7, 11) is 1.52. The van der Waals surface area contributed by atoms with Crippen molar-refractivity contribution in [3.05, 3.63) is 24.4 Å². The van der Waals surface area contributed by atoms with E-state index in [1.54, 1.807) is 18.3 Å². The van der Waals surface area contributed by atoms with Gasteiger partial charge in [0.05, 0.1) is 7.11 Å². The molecule has 0 aliphatic carbocycles. The van der Waals surface area contributed by atoms with E-state index in [1.807, 2.05) is 0 Å². The fourth-order valence-electron chi connectivity index (χ4n) is 1.16. The summed E-state index contributed by atoms with van der Waals surface area (Å²) in [5.74, 6) is 0.610. The summed E-state index contributed by atoms with van der Waals surface area (Å²) in [6.07, 6.45) is 1.70. The third kappa shape index (κ3) is 0.906. The Kier molecular flexibility index (Phi) is 1.43. The average Bonchev–Trinajstić information content (AvgIpc) is 2.49. The van der Waals surface area contributed by atoms with Crippen molar-refractivity contribution in [1.29, 1.82) is 0 Å². The number of ether oxygens (including phenoxy) is 1. The Morgan fingerprint density at radius 2 is 2.33 bits per heavy atom. The topological polar surface area (TPSA) is 45.2 Å². The molecule has 12 heavy (non-hydrogen) atoms. The van der Waals surface area contributed by atoms with E-state index in [4.69, 9.17) is 4.74 Å². The lowest BCUT2D eigenvalue weighted by Gasteiger charge is -2.01. The van der Waals surface area contributed by atoms with Gasteiger partial charge in [-0.1, -0.05) is 0 Å². The number of methoxy groups -OCH3 is 1. The second-order valence-electron chi connectivity index (χ2n) is 2.50. The fourth-order valence-corrected chi connectivity index (χ4v) is 1.16. The minimum Gasteiger partial charge on any atom is -0.504 e. The van der Waals surface area contributed by atoms with Crippen LogP contribution < -0.4 is 4.74 Å². The van der Waals surface area contributed by atoms with Gasteiger partial charge in [0.1, 0.15) is 0 Å². The van der Waals surface area contributed by atoms with Crippen molar-refractivity contribution in [3.63, 3.8) is 0 Å². The molecule has 1 aromatic carbocycles. The first-order valence-electron chi connectivity index (χ1n) is 3.57. The maximum Gasteiger partial charge on any atom is 0.162 e. The predicted molar refractivity (Wildman–Crippen MR) is 45.4 cm³/mol. The normalized spacial score (nSPS) is 10.4. The molecule has 2 aromatic rings. The molecule has 2 rings (SSSR count). The molecule has 61 valence electrons. The lowest BCUT2D eigenvalue weighted by molar-refractivity contribution is 0.374. The highest BCUT2D eigenvalue weighted by Gasteiger charge is 2.03. The number of phenols is 1. The van der Waals surface area contributed by atoms with Crippen LogP contribution in [0.25, 0.3) is 10.9 Å². The van der Waals surface area contributed by atoms with Crippen molar-refractivity contribution in [2.75, 3.05) is 7.11 Å². The Bertz CT molecular complexity index is 406. The number of phenolic OH excluding ortho intramolecular Hbond substituents is 1. The van der Waals surface area contributed by atoms with E-state index in [0.29, 0.717) is 5.75 Å². The summed E-state index contributed by atoms with van der Waals surface area (Å²) in [5.41, 5.74) is 0.907. The molecule has 0 aliphatic rings. The summed E-state index contributed by atoms with van der Waals surface area (Å²) in [6, 6.07) is 6.29. The molecule has 1 radical (unpaired) electrons. The largest absolute Gasteiger partial charge is 0.504 e. The van der Waals surface area contributed by atoms with Gasteiger partial charge in [-0.2, -0.15) is 0 Å². The summed E-state index contributed by atoms with van der Waals surface area (Å²) < 4.78 is 4.94. The predicted octanol–water partition coefficient (Wildman–Crippen LogP) is 1.68. The molecule has 0 unspecified atom stereocenters. The molecule has 3 heteroatoms. The van der Waals surface area contributed by atoms with Gasteiger partial charge >= 0.3 is 0 Å². The molecule has 2 N–H and O–H groups in total. The van der Waals surface area contributed by atoms with E-state index >= 15 is 0 Å². The van der Waals surface area contributed by atoms with Gasteiger partial charge in [0.25, 0.3) is 0 Å². The number of hydrogen-bond acceptors (Lipinski definition) is 2. The van der Waals surface area contributed by atoms with Gasteiger partial charge in [-0.25, -0.2) is 0 Å². The summed E-state index contributed by atoms with van der Waals surface area (Å²) >= 11 is 0. The molecule has 1 heterocycles. The highest BCUT2D eigenvalue weighted by molar-refractivity contribution is 5.82. The maximum absolute atomic E-state index is 9.37. The highest BCUT2D eigenvalue weighted by atomic mass is 16.5. The number of H-pyrrole nitrogens is 1. The van der Waals surface area contributed by atoms with Crippen molar-refractivity contribution in [3.8, 4) is 11.5 Å². The second kappa shape index (κ2) is 2.44. The van der Waals surface area contributed by atoms with Gasteiger partial charge in [0, 0.05) is 29.2 Å². The lowest BCUT2D eigenvalue weighted by Crippen LogP contribution is -1.82. The van der Waals surface area contributed by atoms with Crippen LogP contribution in [-0.2, 0) is 0 Å². The minimum absolute atomic E-state index is 0.140. The van der Waals surface area contributed by atoms with Crippen molar-refractivity contribution < 1.29 is 9.84 Å². The van der Waals surface area contributed by atoms with Crippen LogP contribution in [0, 0.1) is 6.07 Å². The zero-order valence-electron chi connectivity index (χ0n) is 6.59. The van der Waals surface area contributed by atoms with Gasteiger partial charge in [0.2, 0.25) is 0 Å². The number of aromatic nitrogens is 1. The van der Waals surface area contributed by atoms with E-state index in [9.17, 15) is 5.11 Å². The third-order valence-electron chi connectivity index (χ3n) is 1.77. The Labute approximate surface area is 69.6 Å². The van der Waals surface area contributed by atoms with Crippen molar-refractivity contribution in [1.82, 2.24) is 4.98 Å². The van der Waals surface area contributed by atoms with Crippen LogP contribution in [0.2, 0.25) is 0 Å². The molecule has 0 fully saturated rings. The van der Waals surface area contributed by atoms with Crippen LogP contribution in [0.3, 0.4) is 0 Å². The number of aromatic hydroxyl groups is 1. The molecule has 0 aliphatic heterocycles. The Morgan fingerprint density at radius 3 is 3.08 bits per heavy atom. The van der Waals surface area contributed by atoms with Crippen LogP contribution >= 0.6 is 0 Å². The van der Waals surface area contributed by atoms with Crippen molar-refractivity contribution in [2.24, 2.45) is 0 Å². The van der Waals surface area contributed by atoms with E-state index < -0.39 is 0 Å². The molecule has 0 saturated heterocycles. The molecule has 0 atom stereocenters. The monoisotopic (exact) mass is 162 g/mol. The zero-order valence-corrected chi connectivity index (χ0v) is 6.59. The highest BCUT2D eigenvalue weighted by Crippen LogP contribution is 2.29. The fraction of sp³-hybridized carbons (Fsp3) is 0.111. The number of fused-ring (bicyclic) bond motifs is 1. The number of rotatable bonds is 1. The number of hydrogen-bond donors (Lipinski definition) is 2. The van der Waals surface area contributed by atoms with Crippen molar-refractivity contribution in [2.45, 2.75) is 0 Å². The van der Waals surface area contributed by atoms with E-state index in [1.165, 1.54) is 7.11 Å². The first kappa shape index (κ1) is 7.03. The van der Waals surface area contributed by atoms with Gasteiger partial charge in [-0.05, 0) is 6.07 Å². The Balaban J connectivity index is 2.73. The maximum atomic E-state index is 9.37. The van der Waals surface area contributed by atoms with Crippen LogP contribution in [0.15, 0.2) is 18.3 Å². The molecule has 0 spiro atoms. The van der Waals surface area contributed by atoms with Crippen LogP contribution in [0.1, 0.15) is 0 Å². The molecule has 0 bridgehead atoms. The molecule has 1 aromatic heterocycles. The van der Waals surface area contributed by atoms with Crippen LogP contribution in [0.5, 0.6) is 11.5 Å². The third-order valence-corrected chi connectivity index (χ3v) is 1.77. The number of nitrogens with one attached hydrogen (secondary N) is 1. The van der Waals surface area contributed by atoms with E-state index in [0.717, 1.165) is 10.9 Å². The van der Waals surface area contributed by atoms with Gasteiger partial charge in [-0.15, -0.1) is 0 Å². The van der Waals surface area contributed by atoms with Crippen LogP contribution in [-0.4, -0.2) is 17.2 Å². The summed E-state index contributed by atoms with van der Waals surface area (Å²) in [4.78, 5) is 2.97. The quantitative estimate of drug-likeness (QED) is 0.670.